The van der Waals surface area contributed by atoms with Crippen molar-refractivity contribution in [3.05, 3.63) is 52.5 Å². The first-order valence-corrected chi connectivity index (χ1v) is 7.48. The summed E-state index contributed by atoms with van der Waals surface area (Å²) in [6.07, 6.45) is 5.53. The van der Waals surface area contributed by atoms with Crippen LogP contribution in [-0.4, -0.2) is 19.1 Å². The number of amides is 1. The molecule has 0 spiro atoms. The Morgan fingerprint density at radius 1 is 1.26 bits per heavy atom. The maximum Gasteiger partial charge on any atom is 0.228 e. The van der Waals surface area contributed by atoms with E-state index in [4.69, 9.17) is 27.5 Å². The maximum absolute atomic E-state index is 12.2. The number of terminal acetylenes is 1. The van der Waals surface area contributed by atoms with Gasteiger partial charge in [0.25, 0.3) is 0 Å². The number of benzene rings is 2. The van der Waals surface area contributed by atoms with Crippen LogP contribution in [0.2, 0.25) is 5.02 Å². The summed E-state index contributed by atoms with van der Waals surface area (Å²) in [7, 11) is 0. The maximum atomic E-state index is 12.2. The van der Waals surface area contributed by atoms with Crippen molar-refractivity contribution < 1.29 is 14.3 Å². The Morgan fingerprint density at radius 2 is 2.09 bits per heavy atom. The first-order valence-electron chi connectivity index (χ1n) is 7.10. The molecule has 2 aromatic carbocycles. The fraction of sp³-hybridized carbons (Fsp3) is 0.167. The van der Waals surface area contributed by atoms with E-state index in [-0.39, 0.29) is 12.3 Å². The van der Waals surface area contributed by atoms with Crippen LogP contribution in [0.3, 0.4) is 0 Å². The van der Waals surface area contributed by atoms with Gasteiger partial charge in [0.1, 0.15) is 13.2 Å². The Balaban J connectivity index is 1.73. The number of rotatable bonds is 3. The zero-order valence-corrected chi connectivity index (χ0v) is 13.0. The van der Waals surface area contributed by atoms with Crippen molar-refractivity contribution in [2.24, 2.45) is 0 Å². The number of anilines is 1. The van der Waals surface area contributed by atoms with Gasteiger partial charge in [-0.2, -0.15) is 0 Å². The molecule has 1 N–H and O–H groups in total. The van der Waals surface area contributed by atoms with E-state index in [9.17, 15) is 4.79 Å². The van der Waals surface area contributed by atoms with Crippen molar-refractivity contribution >= 4 is 23.2 Å². The van der Waals surface area contributed by atoms with Crippen LogP contribution in [-0.2, 0) is 11.2 Å². The first kappa shape index (κ1) is 15.3. The van der Waals surface area contributed by atoms with Crippen LogP contribution < -0.4 is 14.8 Å². The lowest BCUT2D eigenvalue weighted by Gasteiger charge is -2.20. The molecule has 0 unspecified atom stereocenters. The summed E-state index contributed by atoms with van der Waals surface area (Å²) >= 11 is 6.17. The van der Waals surface area contributed by atoms with Crippen LogP contribution in [0.15, 0.2) is 36.4 Å². The Morgan fingerprint density at radius 3 is 2.91 bits per heavy atom. The topological polar surface area (TPSA) is 47.6 Å². The molecule has 1 aliphatic heterocycles. The quantitative estimate of drug-likeness (QED) is 0.880. The number of ether oxygens (including phenoxy) is 2. The van der Waals surface area contributed by atoms with E-state index in [0.29, 0.717) is 41.0 Å². The second kappa shape index (κ2) is 6.64. The zero-order valence-electron chi connectivity index (χ0n) is 12.3. The van der Waals surface area contributed by atoms with Crippen molar-refractivity contribution in [2.75, 3.05) is 18.5 Å². The third kappa shape index (κ3) is 3.58. The van der Waals surface area contributed by atoms with Gasteiger partial charge in [0.2, 0.25) is 5.91 Å². The van der Waals surface area contributed by atoms with Gasteiger partial charge in [0.05, 0.1) is 11.4 Å². The largest absolute Gasteiger partial charge is 0.486 e. The normalized spacial score (nSPS) is 12.3. The third-order valence-corrected chi connectivity index (χ3v) is 3.62. The molecule has 0 fully saturated rings. The zero-order chi connectivity index (χ0) is 16.2. The van der Waals surface area contributed by atoms with Gasteiger partial charge in [-0.25, -0.2) is 0 Å². The molecule has 0 aromatic heterocycles. The van der Waals surface area contributed by atoms with Crippen molar-refractivity contribution in [2.45, 2.75) is 6.42 Å². The smallest absolute Gasteiger partial charge is 0.228 e. The molecule has 0 atom stereocenters. The van der Waals surface area contributed by atoms with Gasteiger partial charge in [-0.15, -0.1) is 6.42 Å². The van der Waals surface area contributed by atoms with Gasteiger partial charge in [0, 0.05) is 11.3 Å². The van der Waals surface area contributed by atoms with Crippen molar-refractivity contribution in [1.82, 2.24) is 0 Å². The molecule has 3 rings (SSSR count). The Kier molecular flexibility index (Phi) is 4.40. The Labute approximate surface area is 139 Å². The number of carbonyl (C=O) groups excluding carboxylic acids is 1. The summed E-state index contributed by atoms with van der Waals surface area (Å²) < 4.78 is 11.0. The number of carbonyl (C=O) groups is 1. The molecule has 1 aliphatic rings. The van der Waals surface area contributed by atoms with Gasteiger partial charge in [0.15, 0.2) is 11.5 Å². The van der Waals surface area contributed by atoms with Gasteiger partial charge in [-0.1, -0.05) is 23.6 Å². The van der Waals surface area contributed by atoms with E-state index >= 15 is 0 Å². The van der Waals surface area contributed by atoms with E-state index in [0.717, 1.165) is 5.56 Å². The number of hydrogen-bond acceptors (Lipinski definition) is 3. The minimum absolute atomic E-state index is 0.160. The average Bonchev–Trinajstić information content (AvgIpc) is 2.55. The first-order chi connectivity index (χ1) is 11.2. The van der Waals surface area contributed by atoms with Crippen molar-refractivity contribution in [3.8, 4) is 23.8 Å². The number of halogens is 1. The highest BCUT2D eigenvalue weighted by Gasteiger charge is 2.17. The third-order valence-electron chi connectivity index (χ3n) is 3.33. The number of hydrogen-bond donors (Lipinski definition) is 1. The van der Waals surface area contributed by atoms with Gasteiger partial charge < -0.3 is 14.8 Å². The number of fused-ring (bicyclic) bond motifs is 1. The molecule has 0 aliphatic carbocycles. The van der Waals surface area contributed by atoms with Crippen LogP contribution in [0.25, 0.3) is 0 Å². The second-order valence-corrected chi connectivity index (χ2v) is 5.46. The Bertz CT molecular complexity index is 795. The van der Waals surface area contributed by atoms with Crippen LogP contribution in [0, 0.1) is 12.3 Å². The minimum atomic E-state index is -0.160. The highest BCUT2D eigenvalue weighted by atomic mass is 35.5. The molecular weight excluding hydrogens is 314 g/mol. The summed E-state index contributed by atoms with van der Waals surface area (Å²) in [5.41, 5.74) is 2.13. The van der Waals surface area contributed by atoms with E-state index in [1.54, 1.807) is 36.4 Å². The van der Waals surface area contributed by atoms with E-state index in [1.807, 2.05) is 0 Å². The molecule has 5 heteroatoms. The van der Waals surface area contributed by atoms with Gasteiger partial charge in [-0.3, -0.25) is 4.79 Å². The predicted octanol–water partition coefficient (Wildman–Crippen LogP) is 3.27. The van der Waals surface area contributed by atoms with E-state index in [2.05, 4.69) is 11.2 Å². The lowest BCUT2D eigenvalue weighted by Crippen LogP contribution is -2.17. The van der Waals surface area contributed by atoms with Crippen LogP contribution >= 0.6 is 11.6 Å². The fourth-order valence-electron chi connectivity index (χ4n) is 2.34. The monoisotopic (exact) mass is 327 g/mol. The molecule has 0 bridgehead atoms. The molecule has 0 saturated heterocycles. The molecule has 1 heterocycles. The summed E-state index contributed by atoms with van der Waals surface area (Å²) in [4.78, 5) is 12.2. The fourth-order valence-corrected chi connectivity index (χ4v) is 2.63. The highest BCUT2D eigenvalue weighted by molar-refractivity contribution is 6.32. The number of nitrogens with one attached hydrogen (secondary N) is 1. The van der Waals surface area contributed by atoms with E-state index < -0.39 is 0 Å². The lowest BCUT2D eigenvalue weighted by molar-refractivity contribution is -0.115. The molecule has 4 nitrogen and oxygen atoms in total. The van der Waals surface area contributed by atoms with Crippen LogP contribution in [0.5, 0.6) is 11.5 Å². The highest BCUT2D eigenvalue weighted by Crippen LogP contribution is 2.38. The predicted molar refractivity (Wildman–Crippen MR) is 89.2 cm³/mol. The van der Waals surface area contributed by atoms with E-state index in [1.165, 1.54) is 0 Å². The minimum Gasteiger partial charge on any atom is -0.486 e. The average molecular weight is 328 g/mol. The van der Waals surface area contributed by atoms with Gasteiger partial charge >= 0.3 is 0 Å². The molecular formula is C18H14ClNO3. The van der Waals surface area contributed by atoms with Crippen molar-refractivity contribution in [3.63, 3.8) is 0 Å². The van der Waals surface area contributed by atoms with Crippen LogP contribution in [0.1, 0.15) is 11.1 Å². The molecule has 0 saturated carbocycles. The molecule has 2 aromatic rings. The standard InChI is InChI=1S/C18H14ClNO3/c1-2-12-4-3-5-14(8-12)20-17(21)11-13-9-15(19)18-16(10-13)22-6-7-23-18/h1,3-5,8-10H,6-7,11H2,(H,20,21). The molecule has 1 amide bonds. The summed E-state index contributed by atoms with van der Waals surface area (Å²) in [5.74, 6) is 3.47. The van der Waals surface area contributed by atoms with Crippen molar-refractivity contribution in [1.29, 1.82) is 0 Å². The Hall–Kier alpha value is -2.64. The summed E-state index contributed by atoms with van der Waals surface area (Å²) in [6.45, 7) is 0.940. The second-order valence-electron chi connectivity index (χ2n) is 5.05. The van der Waals surface area contributed by atoms with Crippen LogP contribution in [0.4, 0.5) is 5.69 Å². The summed E-state index contributed by atoms with van der Waals surface area (Å²) in [6, 6.07) is 10.6. The molecule has 116 valence electrons. The summed E-state index contributed by atoms with van der Waals surface area (Å²) in [5, 5.41) is 3.26. The van der Waals surface area contributed by atoms with Gasteiger partial charge in [-0.05, 0) is 35.9 Å². The SMILES string of the molecule is C#Cc1cccc(NC(=O)Cc2cc(Cl)c3c(c2)OCCO3)c1. The lowest BCUT2D eigenvalue weighted by atomic mass is 10.1. The molecule has 23 heavy (non-hydrogen) atoms. The molecule has 0 radical (unpaired) electrons.